The molecule has 0 bridgehead atoms. The van der Waals surface area contributed by atoms with Gasteiger partial charge in [-0.15, -0.1) is 0 Å². The summed E-state index contributed by atoms with van der Waals surface area (Å²) in [6.07, 6.45) is 10.0. The quantitative estimate of drug-likeness (QED) is 0.840. The van der Waals surface area contributed by atoms with E-state index >= 15 is 0 Å². The van der Waals surface area contributed by atoms with Crippen molar-refractivity contribution in [1.29, 1.82) is 0 Å². The maximum Gasteiger partial charge on any atom is 0.287 e. The van der Waals surface area contributed by atoms with Gasteiger partial charge in [-0.1, -0.05) is 16.7 Å². The lowest BCUT2D eigenvalue weighted by Gasteiger charge is -2.22. The number of rotatable bonds is 3. The van der Waals surface area contributed by atoms with Crippen LogP contribution in [-0.2, 0) is 6.61 Å². The number of guanidine groups is 1. The van der Waals surface area contributed by atoms with Gasteiger partial charge < -0.3 is 10.4 Å². The van der Waals surface area contributed by atoms with E-state index in [-0.39, 0.29) is 11.2 Å². The molecule has 8 heteroatoms. The molecule has 24 heavy (non-hydrogen) atoms. The molecule has 0 aliphatic carbocycles. The Labute approximate surface area is 137 Å². The molecule has 8 nitrogen and oxygen atoms in total. The van der Waals surface area contributed by atoms with Crippen molar-refractivity contribution in [3.05, 3.63) is 60.9 Å². The van der Waals surface area contributed by atoms with E-state index in [9.17, 15) is 0 Å². The van der Waals surface area contributed by atoms with E-state index in [1.165, 1.54) is 6.33 Å². The van der Waals surface area contributed by atoms with E-state index in [1.807, 2.05) is 30.5 Å². The van der Waals surface area contributed by atoms with Crippen LogP contribution in [0.1, 0.15) is 5.56 Å². The van der Waals surface area contributed by atoms with Crippen molar-refractivity contribution in [3.63, 3.8) is 0 Å². The van der Waals surface area contributed by atoms with E-state index < -0.39 is 0 Å². The predicted molar refractivity (Wildman–Crippen MR) is 92.3 cm³/mol. The highest BCUT2D eigenvalue weighted by atomic mass is 16.3. The summed E-state index contributed by atoms with van der Waals surface area (Å²) < 4.78 is 0.0431. The third-order valence-electron chi connectivity index (χ3n) is 3.71. The van der Waals surface area contributed by atoms with Gasteiger partial charge in [0.25, 0.3) is 11.8 Å². The van der Waals surface area contributed by atoms with Crippen molar-refractivity contribution in [2.45, 2.75) is 6.61 Å². The highest BCUT2D eigenvalue weighted by Crippen LogP contribution is 2.29. The smallest absolute Gasteiger partial charge is 0.287 e. The molecule has 3 heterocycles. The summed E-state index contributed by atoms with van der Waals surface area (Å²) >= 11 is 0. The Balaban J connectivity index is 1.69. The van der Waals surface area contributed by atoms with Crippen LogP contribution in [0.25, 0.3) is 0 Å². The Hall–Kier alpha value is -3.23. The number of aliphatic imine (C=N–C) groups is 2. The Morgan fingerprint density at radius 3 is 2.62 bits per heavy atom. The number of hydrogen-bond acceptors (Lipinski definition) is 7. The third kappa shape index (κ3) is 2.39. The second-order valence-electron chi connectivity index (χ2n) is 5.23. The molecule has 1 atom stereocenters. The van der Waals surface area contributed by atoms with Gasteiger partial charge in [0, 0.05) is 5.69 Å². The third-order valence-corrected chi connectivity index (χ3v) is 3.71. The van der Waals surface area contributed by atoms with Gasteiger partial charge in [0.05, 0.1) is 25.2 Å². The molecule has 2 N–H and O–H groups in total. The largest absolute Gasteiger partial charge is 0.392 e. The van der Waals surface area contributed by atoms with Crippen LogP contribution in [0.2, 0.25) is 0 Å². The number of aliphatic hydroxyl groups is 1. The number of aliphatic hydroxyl groups excluding tert-OH is 1. The molecule has 1 aromatic carbocycles. The number of amidine groups is 1. The van der Waals surface area contributed by atoms with Gasteiger partial charge >= 0.3 is 0 Å². The summed E-state index contributed by atoms with van der Waals surface area (Å²) in [7, 11) is 0. The maximum atomic E-state index is 9.11. The van der Waals surface area contributed by atoms with Crippen molar-refractivity contribution in [1.82, 2.24) is 14.6 Å². The fourth-order valence-corrected chi connectivity index (χ4v) is 2.50. The van der Waals surface area contributed by atoms with Crippen molar-refractivity contribution < 1.29 is 5.11 Å². The second-order valence-corrected chi connectivity index (χ2v) is 5.23. The number of nitrogens with zero attached hydrogens (tertiary/aromatic N) is 6. The van der Waals surface area contributed by atoms with Gasteiger partial charge in [-0.05, 0) is 22.8 Å². The van der Waals surface area contributed by atoms with Crippen LogP contribution < -0.4 is 9.91 Å². The molecule has 1 aromatic heterocycles. The van der Waals surface area contributed by atoms with Gasteiger partial charge in [-0.3, -0.25) is 4.99 Å². The van der Waals surface area contributed by atoms with Crippen LogP contribution in [0.15, 0.2) is 70.5 Å². The first-order valence-electron chi connectivity index (χ1n) is 7.32. The first-order chi connectivity index (χ1) is 11.8. The highest BCUT2D eigenvalue weighted by molar-refractivity contribution is 6.38. The second kappa shape index (κ2) is 5.76. The average Bonchev–Trinajstić information content (AvgIpc) is 3.02. The molecule has 118 valence electrons. The zero-order chi connectivity index (χ0) is 16.4. The predicted octanol–water partition coefficient (Wildman–Crippen LogP) is 1.63. The van der Waals surface area contributed by atoms with Crippen LogP contribution in [-0.4, -0.2) is 33.1 Å². The zero-order valence-electron chi connectivity index (χ0n) is 12.6. The monoisotopic (exact) mass is 320 g/mol. The van der Waals surface area contributed by atoms with E-state index in [2.05, 4.69) is 30.4 Å². The van der Waals surface area contributed by atoms with Crippen molar-refractivity contribution in [3.8, 4) is 0 Å². The summed E-state index contributed by atoms with van der Waals surface area (Å²) in [5, 5.41) is 17.0. The minimum atomic E-state index is 0.0127. The molecule has 0 fully saturated rings. The Kier molecular flexibility index (Phi) is 3.45. The number of anilines is 1. The van der Waals surface area contributed by atoms with Gasteiger partial charge in [0.1, 0.15) is 12.5 Å². The molecule has 4 rings (SSSR count). The normalized spacial score (nSPS) is 21.2. The van der Waals surface area contributed by atoms with Crippen LogP contribution in [0.4, 0.5) is 11.4 Å². The number of benzene rings is 1. The number of quaternary nitrogens is 1. The highest BCUT2D eigenvalue weighted by Gasteiger charge is 2.43. The topological polar surface area (TPSA) is 95.1 Å². The minimum absolute atomic E-state index is 0.0127. The summed E-state index contributed by atoms with van der Waals surface area (Å²) in [5.41, 5.74) is 2.45. The first-order valence-corrected chi connectivity index (χ1v) is 7.32. The van der Waals surface area contributed by atoms with Crippen LogP contribution in [0.3, 0.4) is 0 Å². The fourth-order valence-electron chi connectivity index (χ4n) is 2.50. The molecule has 1 unspecified atom stereocenters. The van der Waals surface area contributed by atoms with Gasteiger partial charge in [-0.2, -0.15) is 4.99 Å². The van der Waals surface area contributed by atoms with E-state index in [0.29, 0.717) is 11.8 Å². The lowest BCUT2D eigenvalue weighted by Crippen LogP contribution is -2.44. The van der Waals surface area contributed by atoms with Gasteiger partial charge in [0.2, 0.25) is 5.69 Å². The van der Waals surface area contributed by atoms with Crippen molar-refractivity contribution >= 4 is 29.4 Å². The van der Waals surface area contributed by atoms with E-state index in [4.69, 9.17) is 5.11 Å². The molecule has 2 aliphatic rings. The number of nitrogens with one attached hydrogen (secondary N) is 1. The van der Waals surface area contributed by atoms with Crippen LogP contribution >= 0.6 is 0 Å². The summed E-state index contributed by atoms with van der Waals surface area (Å²) in [6.45, 7) is 0.0127. The standard InChI is InChI=1S/C16H14N7O/c24-10-12-1-3-13(4-2-12)20-16-21-15-9-17-5-6-23(15,22-16)14-7-18-11-19-8-14/h1-9,11,24H,10H2,(H,20,22)/q+1. The SMILES string of the molecule is OCc1ccc(NC2=N[N+]3(c4cncnc4)C=CN=CC3=N2)cc1. The first kappa shape index (κ1) is 14.4. The number of fused-ring (bicyclic) bond motifs is 1. The lowest BCUT2D eigenvalue weighted by atomic mass is 10.2. The molecule has 0 amide bonds. The number of aromatic nitrogens is 2. The summed E-state index contributed by atoms with van der Waals surface area (Å²) in [6, 6.07) is 7.42. The molecule has 0 saturated carbocycles. The molecular formula is C16H14N7O+. The Bertz CT molecular complexity index is 871. The molecule has 0 radical (unpaired) electrons. The van der Waals surface area contributed by atoms with E-state index in [0.717, 1.165) is 16.9 Å². The summed E-state index contributed by atoms with van der Waals surface area (Å²) in [5.74, 6) is 1.12. The lowest BCUT2D eigenvalue weighted by molar-refractivity contribution is 0.282. The van der Waals surface area contributed by atoms with Crippen LogP contribution in [0.5, 0.6) is 0 Å². The summed E-state index contributed by atoms with van der Waals surface area (Å²) in [4.78, 5) is 16.8. The molecule has 0 saturated heterocycles. The van der Waals surface area contributed by atoms with E-state index in [1.54, 1.807) is 24.8 Å². The van der Waals surface area contributed by atoms with Gasteiger partial charge in [-0.25, -0.2) is 9.97 Å². The average molecular weight is 320 g/mol. The maximum absolute atomic E-state index is 9.11. The minimum Gasteiger partial charge on any atom is -0.392 e. The molecule has 0 spiro atoms. The molecule has 2 aromatic rings. The van der Waals surface area contributed by atoms with Crippen LogP contribution in [0, 0.1) is 0 Å². The zero-order valence-corrected chi connectivity index (χ0v) is 12.6. The Morgan fingerprint density at radius 2 is 1.88 bits per heavy atom. The Morgan fingerprint density at radius 1 is 1.08 bits per heavy atom. The van der Waals surface area contributed by atoms with Gasteiger partial charge in [0.15, 0.2) is 6.20 Å². The van der Waals surface area contributed by atoms with Crippen molar-refractivity contribution in [2.24, 2.45) is 15.1 Å². The number of hydrogen-bond donors (Lipinski definition) is 2. The fraction of sp³-hybridized carbons (Fsp3) is 0.0625. The van der Waals surface area contributed by atoms with Crippen molar-refractivity contribution in [2.75, 3.05) is 5.32 Å². The molecular weight excluding hydrogens is 306 g/mol. The molecule has 2 aliphatic heterocycles.